The lowest BCUT2D eigenvalue weighted by atomic mass is 9.99. The highest BCUT2D eigenvalue weighted by Crippen LogP contribution is 2.24. The number of likely N-dealkylation sites (tertiary alicyclic amines) is 1. The molecule has 1 heterocycles. The van der Waals surface area contributed by atoms with Gasteiger partial charge in [-0.1, -0.05) is 24.6 Å². The van der Waals surface area contributed by atoms with Crippen molar-refractivity contribution in [2.75, 3.05) is 20.2 Å². The van der Waals surface area contributed by atoms with Gasteiger partial charge in [0.05, 0.1) is 13.5 Å². The number of carbonyl (C=O) groups is 1. The topological polar surface area (TPSA) is 29.5 Å². The zero-order chi connectivity index (χ0) is 13.8. The Bertz CT molecular complexity index is 461. The van der Waals surface area contributed by atoms with E-state index in [1.165, 1.54) is 6.42 Å². The van der Waals surface area contributed by atoms with Gasteiger partial charge in [0.2, 0.25) is 5.91 Å². The summed E-state index contributed by atoms with van der Waals surface area (Å²) in [6.07, 6.45) is 2.69. The van der Waals surface area contributed by atoms with E-state index >= 15 is 0 Å². The molecule has 0 bridgehead atoms. The molecule has 1 saturated heterocycles. The van der Waals surface area contributed by atoms with Crippen LogP contribution >= 0.6 is 11.6 Å². The molecular formula is C15H20ClNO2. The van der Waals surface area contributed by atoms with Crippen LogP contribution in [0.2, 0.25) is 5.02 Å². The van der Waals surface area contributed by atoms with Crippen LogP contribution in [0.3, 0.4) is 0 Å². The summed E-state index contributed by atoms with van der Waals surface area (Å²) in [5.74, 6) is 1.48. The van der Waals surface area contributed by atoms with Gasteiger partial charge in [-0.25, -0.2) is 0 Å². The van der Waals surface area contributed by atoms with Crippen molar-refractivity contribution in [3.63, 3.8) is 0 Å². The van der Waals surface area contributed by atoms with Crippen LogP contribution in [0.25, 0.3) is 0 Å². The van der Waals surface area contributed by atoms with Crippen molar-refractivity contribution in [1.29, 1.82) is 0 Å². The normalized spacial score (nSPS) is 19.3. The summed E-state index contributed by atoms with van der Waals surface area (Å²) in [5.41, 5.74) is 0.866. The van der Waals surface area contributed by atoms with Crippen molar-refractivity contribution < 1.29 is 9.53 Å². The van der Waals surface area contributed by atoms with Gasteiger partial charge < -0.3 is 9.64 Å². The molecule has 1 amide bonds. The summed E-state index contributed by atoms with van der Waals surface area (Å²) >= 11 is 6.17. The van der Waals surface area contributed by atoms with E-state index in [-0.39, 0.29) is 5.91 Å². The van der Waals surface area contributed by atoms with E-state index < -0.39 is 0 Å². The average molecular weight is 282 g/mol. The number of piperidine rings is 1. The number of carbonyl (C=O) groups excluding carboxylic acids is 1. The number of nitrogens with zero attached hydrogens (tertiary/aromatic N) is 1. The molecule has 2 rings (SSSR count). The Morgan fingerprint density at radius 1 is 1.53 bits per heavy atom. The van der Waals surface area contributed by atoms with Crippen molar-refractivity contribution in [3.05, 3.63) is 28.8 Å². The molecule has 0 N–H and O–H groups in total. The molecule has 1 atom stereocenters. The summed E-state index contributed by atoms with van der Waals surface area (Å²) in [5, 5.41) is 0.595. The van der Waals surface area contributed by atoms with Crippen LogP contribution in [0.15, 0.2) is 18.2 Å². The predicted octanol–water partition coefficient (Wildman–Crippen LogP) is 3.15. The van der Waals surface area contributed by atoms with E-state index in [0.717, 1.165) is 25.1 Å². The second-order valence-electron chi connectivity index (χ2n) is 5.22. The van der Waals surface area contributed by atoms with E-state index in [2.05, 4.69) is 6.92 Å². The van der Waals surface area contributed by atoms with E-state index in [1.54, 1.807) is 13.2 Å². The SMILES string of the molecule is COc1ccc(CC(=O)N2CCCC(C)C2)c(Cl)c1. The van der Waals surface area contributed by atoms with Gasteiger partial charge >= 0.3 is 0 Å². The molecule has 1 aliphatic rings. The number of ether oxygens (including phenoxy) is 1. The monoisotopic (exact) mass is 281 g/mol. The highest BCUT2D eigenvalue weighted by molar-refractivity contribution is 6.31. The fourth-order valence-corrected chi connectivity index (χ4v) is 2.73. The first kappa shape index (κ1) is 14.2. The molecule has 1 aliphatic heterocycles. The first-order chi connectivity index (χ1) is 9.10. The second-order valence-corrected chi connectivity index (χ2v) is 5.63. The Morgan fingerprint density at radius 2 is 2.32 bits per heavy atom. The van der Waals surface area contributed by atoms with E-state index in [1.807, 2.05) is 17.0 Å². The zero-order valence-corrected chi connectivity index (χ0v) is 12.2. The maximum absolute atomic E-state index is 12.3. The van der Waals surface area contributed by atoms with Crippen LogP contribution in [-0.2, 0) is 11.2 Å². The second kappa shape index (κ2) is 6.29. The zero-order valence-electron chi connectivity index (χ0n) is 11.5. The van der Waals surface area contributed by atoms with Gasteiger partial charge in [-0.3, -0.25) is 4.79 Å². The van der Waals surface area contributed by atoms with Crippen molar-refractivity contribution in [2.24, 2.45) is 5.92 Å². The fraction of sp³-hybridized carbons (Fsp3) is 0.533. The third-order valence-electron chi connectivity index (χ3n) is 3.61. The van der Waals surface area contributed by atoms with E-state index in [9.17, 15) is 4.79 Å². The predicted molar refractivity (Wildman–Crippen MR) is 76.7 cm³/mol. The lowest BCUT2D eigenvalue weighted by Gasteiger charge is -2.31. The van der Waals surface area contributed by atoms with Crippen LogP contribution in [-0.4, -0.2) is 31.0 Å². The van der Waals surface area contributed by atoms with Gasteiger partial charge in [0.25, 0.3) is 0 Å². The third kappa shape index (κ3) is 3.63. The Balaban J connectivity index is 2.02. The lowest BCUT2D eigenvalue weighted by molar-refractivity contribution is -0.132. The number of amides is 1. The molecule has 1 aromatic carbocycles. The average Bonchev–Trinajstić information content (AvgIpc) is 2.41. The quantitative estimate of drug-likeness (QED) is 0.852. The first-order valence-corrected chi connectivity index (χ1v) is 7.08. The van der Waals surface area contributed by atoms with E-state index in [0.29, 0.717) is 23.1 Å². The molecule has 1 aromatic rings. The molecule has 4 heteroatoms. The van der Waals surface area contributed by atoms with E-state index in [4.69, 9.17) is 16.3 Å². The minimum atomic E-state index is 0.165. The van der Waals surface area contributed by atoms with Crippen LogP contribution in [0.1, 0.15) is 25.3 Å². The maximum atomic E-state index is 12.3. The van der Waals surface area contributed by atoms with Gasteiger partial charge in [-0.15, -0.1) is 0 Å². The highest BCUT2D eigenvalue weighted by Gasteiger charge is 2.21. The summed E-state index contributed by atoms with van der Waals surface area (Å²) < 4.78 is 5.11. The number of methoxy groups -OCH3 is 1. The summed E-state index contributed by atoms with van der Waals surface area (Å²) in [7, 11) is 1.60. The Morgan fingerprint density at radius 3 is 2.95 bits per heavy atom. The van der Waals surface area contributed by atoms with Crippen molar-refractivity contribution in [3.8, 4) is 5.75 Å². The minimum absolute atomic E-state index is 0.165. The Kier molecular flexibility index (Phi) is 4.70. The van der Waals surface area contributed by atoms with Crippen molar-refractivity contribution in [1.82, 2.24) is 4.90 Å². The number of hydrogen-bond acceptors (Lipinski definition) is 2. The maximum Gasteiger partial charge on any atom is 0.227 e. The molecule has 0 saturated carbocycles. The van der Waals surface area contributed by atoms with Crippen molar-refractivity contribution in [2.45, 2.75) is 26.2 Å². The first-order valence-electron chi connectivity index (χ1n) is 6.70. The van der Waals surface area contributed by atoms with Gasteiger partial charge in [0.15, 0.2) is 0 Å². The Hall–Kier alpha value is -1.22. The standard InChI is InChI=1S/C15H20ClNO2/c1-11-4-3-7-17(10-11)15(18)8-12-5-6-13(19-2)9-14(12)16/h5-6,9,11H,3-4,7-8,10H2,1-2H3. The Labute approximate surface area is 119 Å². The van der Waals surface area contributed by atoms with Crippen LogP contribution < -0.4 is 4.74 Å². The molecule has 0 aliphatic carbocycles. The van der Waals surface area contributed by atoms with Crippen LogP contribution in [0.4, 0.5) is 0 Å². The molecular weight excluding hydrogens is 262 g/mol. The highest BCUT2D eigenvalue weighted by atomic mass is 35.5. The molecule has 3 nitrogen and oxygen atoms in total. The van der Waals surface area contributed by atoms with Gasteiger partial charge in [-0.05, 0) is 36.5 Å². The number of hydrogen-bond donors (Lipinski definition) is 0. The minimum Gasteiger partial charge on any atom is -0.497 e. The lowest BCUT2D eigenvalue weighted by Crippen LogP contribution is -2.39. The number of rotatable bonds is 3. The summed E-state index contributed by atoms with van der Waals surface area (Å²) in [6, 6.07) is 5.46. The number of benzene rings is 1. The largest absolute Gasteiger partial charge is 0.497 e. The molecule has 104 valence electrons. The molecule has 1 unspecified atom stereocenters. The summed E-state index contributed by atoms with van der Waals surface area (Å²) in [6.45, 7) is 3.93. The van der Waals surface area contributed by atoms with Gasteiger partial charge in [-0.2, -0.15) is 0 Å². The molecule has 1 fully saturated rings. The summed E-state index contributed by atoms with van der Waals surface area (Å²) in [4.78, 5) is 14.2. The third-order valence-corrected chi connectivity index (χ3v) is 3.96. The fourth-order valence-electron chi connectivity index (χ4n) is 2.49. The van der Waals surface area contributed by atoms with Gasteiger partial charge in [0, 0.05) is 18.1 Å². The molecule has 19 heavy (non-hydrogen) atoms. The molecule has 0 spiro atoms. The van der Waals surface area contributed by atoms with Crippen LogP contribution in [0.5, 0.6) is 5.75 Å². The molecule has 0 aromatic heterocycles. The van der Waals surface area contributed by atoms with Crippen LogP contribution in [0, 0.1) is 5.92 Å². The van der Waals surface area contributed by atoms with Crippen molar-refractivity contribution >= 4 is 17.5 Å². The molecule has 0 radical (unpaired) electrons. The van der Waals surface area contributed by atoms with Gasteiger partial charge in [0.1, 0.15) is 5.75 Å². The smallest absolute Gasteiger partial charge is 0.227 e. The number of halogens is 1.